The van der Waals surface area contributed by atoms with Crippen molar-refractivity contribution in [2.24, 2.45) is 5.92 Å². The highest BCUT2D eigenvalue weighted by Gasteiger charge is 2.56. The maximum absolute atomic E-state index is 12.3. The van der Waals surface area contributed by atoms with Crippen molar-refractivity contribution in [1.29, 1.82) is 0 Å². The fourth-order valence-electron chi connectivity index (χ4n) is 4.43. The number of β-lactam (4-membered cyclic amide) rings is 1. The van der Waals surface area contributed by atoms with Gasteiger partial charge in [-0.05, 0) is 37.8 Å². The standard InChI is InChI=1S/C20H26N2O7/c1-4-5-29-20(28)21-9-13(24)7-12(21)6-10(2)14-8-15-16(11(3)23)18(25)22(15)17(14)19(26)27/h4,6,11-13,15-16,23-24H,1,5,7-9H2,2-3H3,(H,26,27)/b10-6+/t11-,12-,13-,15-,16-/m1/s1. The predicted molar refractivity (Wildman–Crippen MR) is 102 cm³/mol. The molecule has 0 spiro atoms. The number of amides is 2. The van der Waals surface area contributed by atoms with Crippen molar-refractivity contribution >= 4 is 18.0 Å². The number of aliphatic hydroxyl groups excluding tert-OH is 2. The third kappa shape index (κ3) is 3.67. The van der Waals surface area contributed by atoms with Crippen LogP contribution in [0.5, 0.6) is 0 Å². The minimum absolute atomic E-state index is 0.0502. The van der Waals surface area contributed by atoms with Crippen LogP contribution in [-0.4, -0.2) is 80.5 Å². The summed E-state index contributed by atoms with van der Waals surface area (Å²) in [7, 11) is 0. The summed E-state index contributed by atoms with van der Waals surface area (Å²) in [4.78, 5) is 39.0. The molecule has 2 amide bonds. The Morgan fingerprint density at radius 2 is 2.10 bits per heavy atom. The molecule has 0 aliphatic carbocycles. The van der Waals surface area contributed by atoms with Gasteiger partial charge in [0.15, 0.2) is 0 Å². The van der Waals surface area contributed by atoms with Gasteiger partial charge in [-0.2, -0.15) is 0 Å². The van der Waals surface area contributed by atoms with E-state index >= 15 is 0 Å². The minimum atomic E-state index is -1.21. The summed E-state index contributed by atoms with van der Waals surface area (Å²) in [5.41, 5.74) is 1.04. The smallest absolute Gasteiger partial charge is 0.410 e. The first-order chi connectivity index (χ1) is 13.7. The SMILES string of the molecule is C=CCOC(=O)N1C[C@H](O)C[C@H]1/C=C(\C)C1=C(C(=O)O)N2C(=O)[C@H]([C@@H](C)O)[C@H]2C1. The Bertz CT molecular complexity index is 801. The Hall–Kier alpha value is -2.65. The largest absolute Gasteiger partial charge is 0.477 e. The quantitative estimate of drug-likeness (QED) is 0.436. The molecular formula is C20H26N2O7. The van der Waals surface area contributed by atoms with Crippen LogP contribution in [0.25, 0.3) is 0 Å². The molecule has 0 aromatic carbocycles. The molecule has 2 fully saturated rings. The number of hydrogen-bond donors (Lipinski definition) is 3. The van der Waals surface area contributed by atoms with Gasteiger partial charge in [-0.15, -0.1) is 0 Å². The van der Waals surface area contributed by atoms with Crippen molar-refractivity contribution in [2.75, 3.05) is 13.2 Å². The second kappa shape index (κ2) is 8.00. The zero-order valence-electron chi connectivity index (χ0n) is 16.4. The summed E-state index contributed by atoms with van der Waals surface area (Å²) >= 11 is 0. The van der Waals surface area contributed by atoms with Crippen LogP contribution >= 0.6 is 0 Å². The number of likely N-dealkylation sites (tertiary alicyclic amines) is 1. The van der Waals surface area contributed by atoms with Gasteiger partial charge in [-0.1, -0.05) is 18.7 Å². The van der Waals surface area contributed by atoms with Gasteiger partial charge in [0.25, 0.3) is 0 Å². The molecule has 5 atom stereocenters. The van der Waals surface area contributed by atoms with Crippen molar-refractivity contribution < 1.29 is 34.4 Å². The fraction of sp³-hybridized carbons (Fsp3) is 0.550. The lowest BCUT2D eigenvalue weighted by molar-refractivity contribution is -0.161. The molecule has 9 heteroatoms. The number of carbonyl (C=O) groups excluding carboxylic acids is 2. The molecule has 9 nitrogen and oxygen atoms in total. The number of fused-ring (bicyclic) bond motifs is 1. The van der Waals surface area contributed by atoms with Crippen LogP contribution in [0.3, 0.4) is 0 Å². The number of ether oxygens (including phenoxy) is 1. The van der Waals surface area contributed by atoms with Gasteiger partial charge in [0.1, 0.15) is 12.3 Å². The fourth-order valence-corrected chi connectivity index (χ4v) is 4.43. The third-order valence-corrected chi connectivity index (χ3v) is 5.73. The van der Waals surface area contributed by atoms with E-state index in [1.807, 2.05) is 0 Å². The Morgan fingerprint density at radius 1 is 1.41 bits per heavy atom. The zero-order chi connectivity index (χ0) is 21.5. The van der Waals surface area contributed by atoms with E-state index in [4.69, 9.17) is 4.74 Å². The molecule has 0 aromatic heterocycles. The van der Waals surface area contributed by atoms with Gasteiger partial charge >= 0.3 is 12.1 Å². The van der Waals surface area contributed by atoms with E-state index in [1.165, 1.54) is 22.8 Å². The highest BCUT2D eigenvalue weighted by molar-refractivity contribution is 6.00. The summed E-state index contributed by atoms with van der Waals surface area (Å²) in [6.45, 7) is 6.91. The average molecular weight is 406 g/mol. The van der Waals surface area contributed by atoms with Crippen LogP contribution in [0, 0.1) is 5.92 Å². The van der Waals surface area contributed by atoms with E-state index in [2.05, 4.69) is 6.58 Å². The molecular weight excluding hydrogens is 380 g/mol. The van der Waals surface area contributed by atoms with Crippen molar-refractivity contribution in [3.05, 3.63) is 35.6 Å². The second-order valence-corrected chi connectivity index (χ2v) is 7.70. The minimum Gasteiger partial charge on any atom is -0.477 e. The number of aliphatic carboxylic acids is 1. The third-order valence-electron chi connectivity index (χ3n) is 5.73. The van der Waals surface area contributed by atoms with Crippen molar-refractivity contribution in [1.82, 2.24) is 9.80 Å². The average Bonchev–Trinajstić information content (AvgIpc) is 3.17. The molecule has 3 rings (SSSR count). The molecule has 2 saturated heterocycles. The second-order valence-electron chi connectivity index (χ2n) is 7.70. The molecule has 29 heavy (non-hydrogen) atoms. The molecule has 3 heterocycles. The first-order valence-corrected chi connectivity index (χ1v) is 9.56. The van der Waals surface area contributed by atoms with Crippen LogP contribution in [-0.2, 0) is 14.3 Å². The van der Waals surface area contributed by atoms with Crippen LogP contribution in [0.15, 0.2) is 35.6 Å². The van der Waals surface area contributed by atoms with Gasteiger partial charge in [-0.3, -0.25) is 9.69 Å². The van der Waals surface area contributed by atoms with Gasteiger partial charge in [0.2, 0.25) is 5.91 Å². The molecule has 3 N–H and O–H groups in total. The number of aliphatic hydroxyl groups is 2. The van der Waals surface area contributed by atoms with Crippen molar-refractivity contribution in [3.63, 3.8) is 0 Å². The lowest BCUT2D eigenvalue weighted by Gasteiger charge is -2.44. The topological polar surface area (TPSA) is 128 Å². The van der Waals surface area contributed by atoms with E-state index < -0.39 is 42.1 Å². The van der Waals surface area contributed by atoms with Crippen LogP contribution in [0.2, 0.25) is 0 Å². The normalized spacial score (nSPS) is 30.2. The lowest BCUT2D eigenvalue weighted by Crippen LogP contribution is -2.61. The maximum atomic E-state index is 12.3. The maximum Gasteiger partial charge on any atom is 0.410 e. The molecule has 0 bridgehead atoms. The summed E-state index contributed by atoms with van der Waals surface area (Å²) in [5, 5.41) is 29.5. The highest BCUT2D eigenvalue weighted by Crippen LogP contribution is 2.45. The first kappa shape index (κ1) is 21.1. The Labute approximate surface area is 168 Å². The zero-order valence-corrected chi connectivity index (χ0v) is 16.4. The van der Waals surface area contributed by atoms with Crippen LogP contribution in [0.4, 0.5) is 4.79 Å². The first-order valence-electron chi connectivity index (χ1n) is 9.56. The van der Waals surface area contributed by atoms with E-state index in [0.29, 0.717) is 24.0 Å². The number of nitrogens with zero attached hydrogens (tertiary/aromatic N) is 2. The number of β-amino-alcohol motifs (C(OH)–C–C–N with tert-alkyl or cyclic N) is 1. The molecule has 0 saturated carbocycles. The molecule has 0 radical (unpaired) electrons. The molecule has 3 aliphatic rings. The van der Waals surface area contributed by atoms with Crippen molar-refractivity contribution in [2.45, 2.75) is 51.0 Å². The number of allylic oxidation sites excluding steroid dienone is 1. The van der Waals surface area contributed by atoms with Gasteiger partial charge in [0, 0.05) is 0 Å². The summed E-state index contributed by atoms with van der Waals surface area (Å²) in [5.74, 6) is -2.22. The van der Waals surface area contributed by atoms with E-state index in [-0.39, 0.29) is 24.9 Å². The lowest BCUT2D eigenvalue weighted by atomic mass is 9.82. The number of carbonyl (C=O) groups is 3. The summed E-state index contributed by atoms with van der Waals surface area (Å²) < 4.78 is 5.06. The monoisotopic (exact) mass is 406 g/mol. The highest BCUT2D eigenvalue weighted by atomic mass is 16.6. The van der Waals surface area contributed by atoms with E-state index in [9.17, 15) is 29.7 Å². The van der Waals surface area contributed by atoms with Gasteiger partial charge in [0.05, 0.1) is 36.8 Å². The predicted octanol–water partition coefficient (Wildman–Crippen LogP) is 0.641. The molecule has 158 valence electrons. The molecule has 3 aliphatic heterocycles. The van der Waals surface area contributed by atoms with E-state index in [0.717, 1.165) is 0 Å². The number of hydrogen-bond acceptors (Lipinski definition) is 6. The van der Waals surface area contributed by atoms with Crippen LogP contribution < -0.4 is 0 Å². The van der Waals surface area contributed by atoms with Crippen LogP contribution in [0.1, 0.15) is 26.7 Å². The summed E-state index contributed by atoms with van der Waals surface area (Å²) in [6.07, 6.45) is 1.66. The Balaban J connectivity index is 1.86. The summed E-state index contributed by atoms with van der Waals surface area (Å²) in [6, 6.07) is -0.837. The Morgan fingerprint density at radius 3 is 2.69 bits per heavy atom. The van der Waals surface area contributed by atoms with Gasteiger partial charge in [-0.25, -0.2) is 9.59 Å². The Kier molecular flexibility index (Phi) is 5.81. The number of rotatable bonds is 6. The van der Waals surface area contributed by atoms with E-state index in [1.54, 1.807) is 13.0 Å². The number of carboxylic acid groups (broad SMARTS) is 1. The number of carboxylic acids is 1. The molecule has 0 aromatic rings. The van der Waals surface area contributed by atoms with Gasteiger partial charge < -0.3 is 25.0 Å². The van der Waals surface area contributed by atoms with Crippen molar-refractivity contribution in [3.8, 4) is 0 Å². The molecule has 0 unspecified atom stereocenters.